The molecule has 0 radical (unpaired) electrons. The van der Waals surface area contributed by atoms with Gasteiger partial charge in [0.1, 0.15) is 5.82 Å². The van der Waals surface area contributed by atoms with E-state index in [9.17, 15) is 4.79 Å². The number of hydrogen-bond donors (Lipinski definition) is 1. The van der Waals surface area contributed by atoms with Gasteiger partial charge in [-0.25, -0.2) is 9.78 Å². The molecule has 0 spiro atoms. The molecule has 1 heterocycles. The van der Waals surface area contributed by atoms with Crippen LogP contribution in [0.2, 0.25) is 0 Å². The minimum Gasteiger partial charge on any atom is -0.464 e. The molecular formula is C11H17N3O3. The van der Waals surface area contributed by atoms with E-state index in [1.54, 1.807) is 7.11 Å². The summed E-state index contributed by atoms with van der Waals surface area (Å²) in [4.78, 5) is 19.2. The maximum Gasteiger partial charge on any atom is 0.358 e. The quantitative estimate of drug-likeness (QED) is 0.776. The molecule has 6 heteroatoms. The largest absolute Gasteiger partial charge is 0.464 e. The maximum absolute atomic E-state index is 11.2. The van der Waals surface area contributed by atoms with E-state index < -0.39 is 5.97 Å². The monoisotopic (exact) mass is 239 g/mol. The number of ether oxygens (including phenoxy) is 2. The summed E-state index contributed by atoms with van der Waals surface area (Å²) in [5.41, 5.74) is -0.143. The van der Waals surface area contributed by atoms with E-state index in [-0.39, 0.29) is 11.3 Å². The van der Waals surface area contributed by atoms with Crippen LogP contribution in [0.1, 0.15) is 24.3 Å². The summed E-state index contributed by atoms with van der Waals surface area (Å²) in [5, 5.41) is 3.05. The smallest absolute Gasteiger partial charge is 0.358 e. The Morgan fingerprint density at radius 3 is 2.71 bits per heavy atom. The van der Waals surface area contributed by atoms with Crippen LogP contribution in [0.25, 0.3) is 0 Å². The number of methoxy groups -OCH3 is 2. The number of aromatic nitrogens is 2. The second-order valence-corrected chi connectivity index (χ2v) is 4.10. The third-order valence-corrected chi connectivity index (χ3v) is 2.28. The first kappa shape index (κ1) is 13.4. The van der Waals surface area contributed by atoms with Gasteiger partial charge >= 0.3 is 5.97 Å². The van der Waals surface area contributed by atoms with Gasteiger partial charge in [-0.3, -0.25) is 4.98 Å². The predicted molar refractivity (Wildman–Crippen MR) is 62.9 cm³/mol. The van der Waals surface area contributed by atoms with Crippen LogP contribution in [0.4, 0.5) is 5.82 Å². The Hall–Kier alpha value is -1.69. The number of esters is 1. The van der Waals surface area contributed by atoms with Crippen LogP contribution < -0.4 is 5.32 Å². The van der Waals surface area contributed by atoms with Gasteiger partial charge in [0, 0.05) is 13.7 Å². The molecule has 6 nitrogen and oxygen atoms in total. The molecule has 0 aromatic carbocycles. The van der Waals surface area contributed by atoms with Crippen molar-refractivity contribution in [2.24, 2.45) is 0 Å². The molecule has 0 atom stereocenters. The van der Waals surface area contributed by atoms with Crippen molar-refractivity contribution in [2.75, 3.05) is 26.1 Å². The van der Waals surface area contributed by atoms with Crippen LogP contribution in [0.15, 0.2) is 12.4 Å². The van der Waals surface area contributed by atoms with Crippen molar-refractivity contribution in [3.05, 3.63) is 18.1 Å². The summed E-state index contributed by atoms with van der Waals surface area (Å²) in [5.74, 6) is 0.00479. The topological polar surface area (TPSA) is 73.3 Å². The van der Waals surface area contributed by atoms with Gasteiger partial charge in [-0.1, -0.05) is 0 Å². The number of hydrogen-bond acceptors (Lipinski definition) is 6. The highest BCUT2D eigenvalue weighted by molar-refractivity contribution is 5.87. The molecule has 0 saturated heterocycles. The van der Waals surface area contributed by atoms with Gasteiger partial charge in [0.15, 0.2) is 5.69 Å². The van der Waals surface area contributed by atoms with E-state index >= 15 is 0 Å². The number of carbonyl (C=O) groups is 1. The summed E-state index contributed by atoms with van der Waals surface area (Å²) in [6, 6.07) is 0. The van der Waals surface area contributed by atoms with E-state index in [4.69, 9.17) is 4.74 Å². The molecule has 0 saturated carbocycles. The molecule has 0 unspecified atom stereocenters. The minimum absolute atomic E-state index is 0.174. The van der Waals surface area contributed by atoms with E-state index in [2.05, 4.69) is 20.0 Å². The highest BCUT2D eigenvalue weighted by Crippen LogP contribution is 2.09. The molecule has 0 aliphatic carbocycles. The fourth-order valence-electron chi connectivity index (χ4n) is 1.03. The SMILES string of the molecule is COC(=O)c1cncc(NCC(C)(C)OC)n1. The first-order chi connectivity index (χ1) is 7.98. The zero-order valence-corrected chi connectivity index (χ0v) is 10.5. The van der Waals surface area contributed by atoms with Gasteiger partial charge in [0.2, 0.25) is 0 Å². The summed E-state index contributed by atoms with van der Waals surface area (Å²) in [7, 11) is 2.94. The summed E-state index contributed by atoms with van der Waals surface area (Å²) in [6.45, 7) is 4.44. The number of rotatable bonds is 5. The van der Waals surface area contributed by atoms with Gasteiger partial charge in [-0.15, -0.1) is 0 Å². The van der Waals surface area contributed by atoms with Crippen molar-refractivity contribution in [2.45, 2.75) is 19.4 Å². The van der Waals surface area contributed by atoms with Crippen LogP contribution in [0, 0.1) is 0 Å². The second-order valence-electron chi connectivity index (χ2n) is 4.10. The van der Waals surface area contributed by atoms with Gasteiger partial charge < -0.3 is 14.8 Å². The van der Waals surface area contributed by atoms with Crippen LogP contribution in [-0.4, -0.2) is 42.3 Å². The number of nitrogens with one attached hydrogen (secondary N) is 1. The van der Waals surface area contributed by atoms with Crippen molar-refractivity contribution in [3.63, 3.8) is 0 Å². The molecule has 1 aromatic rings. The third kappa shape index (κ3) is 3.99. The molecule has 0 fully saturated rings. The molecule has 94 valence electrons. The molecule has 0 amide bonds. The Kier molecular flexibility index (Phi) is 4.39. The summed E-state index contributed by atoms with van der Waals surface area (Å²) >= 11 is 0. The molecule has 1 rings (SSSR count). The minimum atomic E-state index is -0.507. The zero-order chi connectivity index (χ0) is 12.9. The fourth-order valence-corrected chi connectivity index (χ4v) is 1.03. The Morgan fingerprint density at radius 1 is 1.41 bits per heavy atom. The van der Waals surface area contributed by atoms with Gasteiger partial charge in [-0.2, -0.15) is 0 Å². The maximum atomic E-state index is 11.2. The van der Waals surface area contributed by atoms with Crippen LogP contribution in [-0.2, 0) is 9.47 Å². The van der Waals surface area contributed by atoms with E-state index in [1.165, 1.54) is 19.5 Å². The lowest BCUT2D eigenvalue weighted by Crippen LogP contribution is -2.32. The normalized spacial score (nSPS) is 11.1. The van der Waals surface area contributed by atoms with Crippen LogP contribution in [0.3, 0.4) is 0 Å². The lowest BCUT2D eigenvalue weighted by atomic mass is 10.1. The second kappa shape index (κ2) is 5.58. The average molecular weight is 239 g/mol. The first-order valence-electron chi connectivity index (χ1n) is 5.18. The van der Waals surface area contributed by atoms with E-state index in [0.29, 0.717) is 12.4 Å². The molecule has 0 aliphatic heterocycles. The van der Waals surface area contributed by atoms with Crippen molar-refractivity contribution in [1.82, 2.24) is 9.97 Å². The zero-order valence-electron chi connectivity index (χ0n) is 10.5. The van der Waals surface area contributed by atoms with Crippen molar-refractivity contribution >= 4 is 11.8 Å². The molecule has 0 bridgehead atoms. The molecule has 17 heavy (non-hydrogen) atoms. The van der Waals surface area contributed by atoms with Crippen molar-refractivity contribution in [3.8, 4) is 0 Å². The van der Waals surface area contributed by atoms with Gasteiger partial charge in [0.05, 0.1) is 25.1 Å². The molecule has 1 N–H and O–H groups in total. The summed E-state index contributed by atoms with van der Waals surface area (Å²) < 4.78 is 9.82. The van der Waals surface area contributed by atoms with Gasteiger partial charge in [0.25, 0.3) is 0 Å². The molecule has 1 aromatic heterocycles. The van der Waals surface area contributed by atoms with E-state index in [1.807, 2.05) is 13.8 Å². The van der Waals surface area contributed by atoms with Crippen molar-refractivity contribution < 1.29 is 14.3 Å². The van der Waals surface area contributed by atoms with Crippen LogP contribution >= 0.6 is 0 Å². The Morgan fingerprint density at radius 2 is 2.12 bits per heavy atom. The standard InChI is InChI=1S/C11H17N3O3/c1-11(2,17-4)7-13-9-6-12-5-8(14-9)10(15)16-3/h5-6H,7H2,1-4H3,(H,13,14). The van der Waals surface area contributed by atoms with Gasteiger partial charge in [-0.05, 0) is 13.8 Å². The Bertz CT molecular complexity index is 393. The lowest BCUT2D eigenvalue weighted by Gasteiger charge is -2.23. The average Bonchev–Trinajstić information content (AvgIpc) is 2.36. The fraction of sp³-hybridized carbons (Fsp3) is 0.545. The highest BCUT2D eigenvalue weighted by Gasteiger charge is 2.16. The Labute approximate surface area is 100 Å². The van der Waals surface area contributed by atoms with Crippen LogP contribution in [0.5, 0.6) is 0 Å². The number of nitrogens with zero attached hydrogens (tertiary/aromatic N) is 2. The van der Waals surface area contributed by atoms with E-state index in [0.717, 1.165) is 0 Å². The third-order valence-electron chi connectivity index (χ3n) is 2.28. The molecular weight excluding hydrogens is 222 g/mol. The first-order valence-corrected chi connectivity index (χ1v) is 5.18. The van der Waals surface area contributed by atoms with Crippen molar-refractivity contribution in [1.29, 1.82) is 0 Å². The summed E-state index contributed by atoms with van der Waals surface area (Å²) in [6.07, 6.45) is 2.90. The lowest BCUT2D eigenvalue weighted by molar-refractivity contribution is 0.0343. The predicted octanol–water partition coefficient (Wildman–Crippen LogP) is 1.10. The molecule has 0 aliphatic rings. The number of anilines is 1. The Balaban J connectivity index is 2.70. The number of carbonyl (C=O) groups excluding carboxylic acids is 1. The highest BCUT2D eigenvalue weighted by atomic mass is 16.5.